The predicted molar refractivity (Wildman–Crippen MR) is 102 cm³/mol. The summed E-state index contributed by atoms with van der Waals surface area (Å²) >= 11 is 24.1. The van der Waals surface area contributed by atoms with Crippen LogP contribution in [0.4, 0.5) is 0 Å². The van der Waals surface area contributed by atoms with Crippen LogP contribution in [0.5, 0.6) is 0 Å². The molecule has 0 aliphatic carbocycles. The Labute approximate surface area is 162 Å². The van der Waals surface area contributed by atoms with E-state index >= 15 is 0 Å². The topological polar surface area (TPSA) is 27.0 Å². The Morgan fingerprint density at radius 3 is 1.71 bits per heavy atom. The number of benzene rings is 2. The summed E-state index contributed by atoms with van der Waals surface area (Å²) in [4.78, 5) is 2.25. The van der Waals surface area contributed by atoms with Gasteiger partial charge in [0.05, 0.1) is 26.2 Å². The molecule has 2 aromatic rings. The van der Waals surface area contributed by atoms with Crippen LogP contribution in [-0.2, 0) is 13.1 Å². The summed E-state index contributed by atoms with van der Waals surface area (Å²) in [5.41, 5.74) is 2.14. The molecule has 0 radical (unpaired) electrons. The average molecular weight is 402 g/mol. The fraction of sp³-hybridized carbons (Fsp3) is 0.278. The molecule has 0 aromatic heterocycles. The van der Waals surface area contributed by atoms with Gasteiger partial charge in [0, 0.05) is 19.5 Å². The molecule has 0 heterocycles. The minimum absolute atomic E-state index is 0.527. The van der Waals surface area contributed by atoms with E-state index in [1.807, 2.05) is 24.3 Å². The number of nitriles is 1. The summed E-state index contributed by atoms with van der Waals surface area (Å²) in [7, 11) is 0. The average Bonchev–Trinajstić information content (AvgIpc) is 2.54. The van der Waals surface area contributed by atoms with Crippen molar-refractivity contribution in [2.45, 2.75) is 25.9 Å². The van der Waals surface area contributed by atoms with E-state index in [1.165, 1.54) is 0 Å². The number of hydrogen-bond acceptors (Lipinski definition) is 2. The van der Waals surface area contributed by atoms with E-state index in [2.05, 4.69) is 11.0 Å². The SMILES string of the molecule is N#CCCCN(Cc1ccc(Cl)c(Cl)c1)Cc1ccc(Cl)c(Cl)c1. The van der Waals surface area contributed by atoms with Gasteiger partial charge in [0.1, 0.15) is 0 Å². The highest BCUT2D eigenvalue weighted by atomic mass is 35.5. The van der Waals surface area contributed by atoms with Crippen molar-refractivity contribution in [3.63, 3.8) is 0 Å². The van der Waals surface area contributed by atoms with Gasteiger partial charge in [-0.2, -0.15) is 5.26 Å². The molecule has 2 rings (SSSR count). The fourth-order valence-electron chi connectivity index (χ4n) is 2.39. The zero-order chi connectivity index (χ0) is 17.5. The van der Waals surface area contributed by atoms with Crippen LogP contribution in [0.3, 0.4) is 0 Å². The maximum absolute atomic E-state index is 8.76. The number of rotatable bonds is 7. The second-order valence-corrected chi connectivity index (χ2v) is 7.10. The van der Waals surface area contributed by atoms with Crippen LogP contribution >= 0.6 is 46.4 Å². The molecule has 24 heavy (non-hydrogen) atoms. The van der Waals surface area contributed by atoms with Crippen LogP contribution in [0.15, 0.2) is 36.4 Å². The maximum atomic E-state index is 8.76. The monoisotopic (exact) mass is 400 g/mol. The van der Waals surface area contributed by atoms with Crippen molar-refractivity contribution in [1.82, 2.24) is 4.90 Å². The normalized spacial score (nSPS) is 10.8. The molecule has 0 spiro atoms. The van der Waals surface area contributed by atoms with E-state index in [0.717, 1.165) is 24.1 Å². The van der Waals surface area contributed by atoms with Crippen LogP contribution in [0, 0.1) is 11.3 Å². The largest absolute Gasteiger partial charge is 0.295 e. The first-order chi connectivity index (χ1) is 11.5. The van der Waals surface area contributed by atoms with E-state index < -0.39 is 0 Å². The van der Waals surface area contributed by atoms with Gasteiger partial charge >= 0.3 is 0 Å². The first-order valence-corrected chi connectivity index (χ1v) is 8.98. The Bertz CT molecular complexity index is 687. The lowest BCUT2D eigenvalue weighted by Gasteiger charge is -2.22. The standard InChI is InChI=1S/C18H16Cl4N2/c19-15-5-3-13(9-17(15)21)11-24(8-2-1-7-23)12-14-4-6-16(20)18(22)10-14/h3-6,9-10H,1-2,8,11-12H2. The highest BCUT2D eigenvalue weighted by Crippen LogP contribution is 2.25. The van der Waals surface area contributed by atoms with Crippen LogP contribution in [0.2, 0.25) is 20.1 Å². The summed E-state index contributed by atoms with van der Waals surface area (Å²) in [6.07, 6.45) is 1.33. The molecule has 2 aromatic carbocycles. The van der Waals surface area contributed by atoms with Gasteiger partial charge in [-0.3, -0.25) is 4.90 Å². The van der Waals surface area contributed by atoms with Gasteiger partial charge in [-0.05, 0) is 48.4 Å². The molecule has 0 N–H and O–H groups in total. The third-order valence-electron chi connectivity index (χ3n) is 3.54. The molecular weight excluding hydrogens is 386 g/mol. The van der Waals surface area contributed by atoms with Crippen LogP contribution in [0.1, 0.15) is 24.0 Å². The molecule has 126 valence electrons. The summed E-state index contributed by atoms with van der Waals surface area (Å²) in [5, 5.41) is 10.9. The highest BCUT2D eigenvalue weighted by Gasteiger charge is 2.10. The van der Waals surface area contributed by atoms with Crippen LogP contribution in [-0.4, -0.2) is 11.4 Å². The van der Waals surface area contributed by atoms with Crippen LogP contribution < -0.4 is 0 Å². The molecule has 0 saturated heterocycles. The summed E-state index contributed by atoms with van der Waals surface area (Å²) < 4.78 is 0. The van der Waals surface area contributed by atoms with Gasteiger partial charge in [0.25, 0.3) is 0 Å². The second-order valence-electron chi connectivity index (χ2n) is 5.47. The van der Waals surface area contributed by atoms with Gasteiger partial charge in [-0.25, -0.2) is 0 Å². The summed E-state index contributed by atoms with van der Waals surface area (Å²) in [5.74, 6) is 0. The van der Waals surface area contributed by atoms with E-state index in [4.69, 9.17) is 51.7 Å². The second kappa shape index (κ2) is 9.51. The predicted octanol–water partition coefficient (Wildman–Crippen LogP) is 6.61. The van der Waals surface area contributed by atoms with Crippen molar-refractivity contribution in [2.24, 2.45) is 0 Å². The molecule has 0 saturated carbocycles. The molecular formula is C18H16Cl4N2. The van der Waals surface area contributed by atoms with Gasteiger partial charge in [-0.1, -0.05) is 58.5 Å². The molecule has 0 bridgehead atoms. The zero-order valence-electron chi connectivity index (χ0n) is 12.9. The number of unbranched alkanes of at least 4 members (excludes halogenated alkanes) is 1. The van der Waals surface area contributed by atoms with Crippen molar-refractivity contribution in [3.05, 3.63) is 67.6 Å². The molecule has 0 unspecified atom stereocenters. The number of halogens is 4. The Morgan fingerprint density at radius 2 is 1.29 bits per heavy atom. The van der Waals surface area contributed by atoms with Crippen molar-refractivity contribution < 1.29 is 0 Å². The van der Waals surface area contributed by atoms with E-state index in [1.54, 1.807) is 12.1 Å². The fourth-order valence-corrected chi connectivity index (χ4v) is 3.03. The smallest absolute Gasteiger partial charge is 0.0622 e. The van der Waals surface area contributed by atoms with Gasteiger partial charge in [0.2, 0.25) is 0 Å². The minimum atomic E-state index is 0.527. The Balaban J connectivity index is 2.12. The molecule has 0 aliphatic rings. The third kappa shape index (κ3) is 5.84. The van der Waals surface area contributed by atoms with E-state index in [0.29, 0.717) is 39.6 Å². The van der Waals surface area contributed by atoms with E-state index in [-0.39, 0.29) is 0 Å². The third-order valence-corrected chi connectivity index (χ3v) is 5.02. The van der Waals surface area contributed by atoms with Crippen molar-refractivity contribution in [2.75, 3.05) is 6.54 Å². The maximum Gasteiger partial charge on any atom is 0.0622 e. The summed E-state index contributed by atoms with van der Waals surface area (Å²) in [6.45, 7) is 2.22. The molecule has 6 heteroatoms. The van der Waals surface area contributed by atoms with Gasteiger partial charge in [0.15, 0.2) is 0 Å². The highest BCUT2D eigenvalue weighted by molar-refractivity contribution is 6.42. The van der Waals surface area contributed by atoms with Crippen molar-refractivity contribution in [3.8, 4) is 6.07 Å². The Kier molecular flexibility index (Phi) is 7.68. The molecule has 0 fully saturated rings. The first kappa shape index (κ1) is 19.4. The summed E-state index contributed by atoms with van der Waals surface area (Å²) in [6, 6.07) is 13.4. The quantitative estimate of drug-likeness (QED) is 0.488. The number of hydrogen-bond donors (Lipinski definition) is 0. The van der Waals surface area contributed by atoms with Crippen LogP contribution in [0.25, 0.3) is 0 Å². The minimum Gasteiger partial charge on any atom is -0.295 e. The lowest BCUT2D eigenvalue weighted by atomic mass is 10.1. The lowest BCUT2D eigenvalue weighted by Crippen LogP contribution is -2.24. The lowest BCUT2D eigenvalue weighted by molar-refractivity contribution is 0.254. The first-order valence-electron chi connectivity index (χ1n) is 7.46. The Hall–Kier alpha value is -0.950. The van der Waals surface area contributed by atoms with Crippen molar-refractivity contribution >= 4 is 46.4 Å². The van der Waals surface area contributed by atoms with Gasteiger partial charge < -0.3 is 0 Å². The van der Waals surface area contributed by atoms with E-state index in [9.17, 15) is 0 Å². The van der Waals surface area contributed by atoms with Gasteiger partial charge in [-0.15, -0.1) is 0 Å². The molecule has 0 amide bonds. The number of nitrogens with zero attached hydrogens (tertiary/aromatic N) is 2. The zero-order valence-corrected chi connectivity index (χ0v) is 15.9. The molecule has 0 aliphatic heterocycles. The molecule has 2 nitrogen and oxygen atoms in total. The Morgan fingerprint density at radius 1 is 0.792 bits per heavy atom. The van der Waals surface area contributed by atoms with Crippen molar-refractivity contribution in [1.29, 1.82) is 5.26 Å². The molecule has 0 atom stereocenters.